The molecule has 0 radical (unpaired) electrons. The molecule has 1 aliphatic rings. The maximum atomic E-state index is 13.3. The maximum Gasteiger partial charge on any atom is 0.249 e. The number of ether oxygens (including phenoxy) is 2. The molecular weight excluding hydrogens is 1090 g/mol. The number of allylic oxidation sites excluding steroid dienone is 10. The van der Waals surface area contributed by atoms with Crippen molar-refractivity contribution >= 4 is 5.91 Å². The van der Waals surface area contributed by atoms with E-state index < -0.39 is 74.2 Å². The Hall–Kier alpha value is -2.19. The highest BCUT2D eigenvalue weighted by Gasteiger charge is 2.44. The van der Waals surface area contributed by atoms with Gasteiger partial charge in [0, 0.05) is 0 Å². The summed E-state index contributed by atoms with van der Waals surface area (Å²) in [6.07, 6.45) is 74.6. The van der Waals surface area contributed by atoms with Gasteiger partial charge in [-0.15, -0.1) is 0 Å². The van der Waals surface area contributed by atoms with Gasteiger partial charge in [0.2, 0.25) is 5.91 Å². The van der Waals surface area contributed by atoms with E-state index in [2.05, 4.69) is 79.9 Å². The van der Waals surface area contributed by atoms with Crippen LogP contribution in [0.3, 0.4) is 0 Å². The van der Waals surface area contributed by atoms with Crippen LogP contribution < -0.4 is 5.32 Å². The molecule has 0 saturated carbocycles. The van der Waals surface area contributed by atoms with Crippen LogP contribution in [0.5, 0.6) is 0 Å². The van der Waals surface area contributed by atoms with Crippen LogP contribution in [0.25, 0.3) is 0 Å². The minimum atomic E-state index is -1.68. The van der Waals surface area contributed by atoms with Crippen molar-refractivity contribution in [2.45, 2.75) is 403 Å². The van der Waals surface area contributed by atoms with E-state index in [1.807, 2.05) is 0 Å². The number of amides is 1. The molecule has 0 aromatic rings. The smallest absolute Gasteiger partial charge is 0.249 e. The highest BCUT2D eigenvalue weighted by atomic mass is 16.7. The summed E-state index contributed by atoms with van der Waals surface area (Å²) in [4.78, 5) is 13.3. The number of carbonyl (C=O) groups excluding carboxylic acids is 1. The summed E-state index contributed by atoms with van der Waals surface area (Å²) < 4.78 is 11.2. The van der Waals surface area contributed by atoms with E-state index in [-0.39, 0.29) is 12.8 Å². The van der Waals surface area contributed by atoms with Crippen LogP contribution in [0, 0.1) is 0 Å². The summed E-state index contributed by atoms with van der Waals surface area (Å²) in [7, 11) is 0. The topological polar surface area (TPSA) is 189 Å². The summed E-state index contributed by atoms with van der Waals surface area (Å²) >= 11 is 0. The predicted molar refractivity (Wildman–Crippen MR) is 367 cm³/mol. The normalized spacial score (nSPS) is 19.0. The predicted octanol–water partition coefficient (Wildman–Crippen LogP) is 18.5. The average Bonchev–Trinajstić information content (AvgIpc) is 1.97. The van der Waals surface area contributed by atoms with Crippen LogP contribution in [-0.2, 0) is 14.3 Å². The monoisotopic (exact) mass is 1230 g/mol. The van der Waals surface area contributed by atoms with Crippen molar-refractivity contribution in [3.05, 3.63) is 60.8 Å². The fraction of sp³-hybridized carbons (Fsp3) is 0.855. The van der Waals surface area contributed by atoms with Gasteiger partial charge in [-0.1, -0.05) is 312 Å². The molecule has 1 saturated heterocycles. The van der Waals surface area contributed by atoms with Crippen LogP contribution >= 0.6 is 0 Å². The van der Waals surface area contributed by atoms with E-state index in [1.54, 1.807) is 0 Å². The molecule has 0 aliphatic carbocycles. The summed E-state index contributed by atoms with van der Waals surface area (Å²) in [6, 6.07) is -1.20. The second-order valence-corrected chi connectivity index (χ2v) is 26.0. The molecule has 11 nitrogen and oxygen atoms in total. The van der Waals surface area contributed by atoms with Gasteiger partial charge in [0.05, 0.1) is 25.4 Å². The first kappa shape index (κ1) is 82.8. The van der Waals surface area contributed by atoms with Gasteiger partial charge in [-0.25, -0.2) is 0 Å². The standard InChI is InChI=1S/C76H141NO10/c1-3-5-7-9-11-13-15-17-19-21-23-25-27-29-31-32-33-34-35-36-37-38-40-42-44-46-48-50-52-54-56-58-60-62-64-69(80)75(85)77-67(66-86-76-74(84)73(83)72(82)70(65-78)87-76)71(81)68(79)63-61-59-57-55-53-51-49-47-45-43-41-39-30-28-26-24-22-20-18-16-14-12-10-8-6-4-2/h27,29,32-33,39,41,47,49,55,57,67-74,76,78-84H,3-26,28,30-31,34-38,40,42-46,48,50-54,56,58-66H2,1-2H3,(H,77,85)/b29-27-,33-32-,41-39+,49-47+,57-55+. The molecule has 0 bridgehead atoms. The van der Waals surface area contributed by atoms with Crippen molar-refractivity contribution in [2.24, 2.45) is 0 Å². The van der Waals surface area contributed by atoms with E-state index in [9.17, 15) is 40.5 Å². The van der Waals surface area contributed by atoms with Gasteiger partial charge in [-0.3, -0.25) is 4.79 Å². The molecule has 1 amide bonds. The van der Waals surface area contributed by atoms with E-state index in [4.69, 9.17) is 9.47 Å². The van der Waals surface area contributed by atoms with E-state index >= 15 is 0 Å². The summed E-state index contributed by atoms with van der Waals surface area (Å²) in [5.74, 6) is -0.709. The van der Waals surface area contributed by atoms with Gasteiger partial charge in [0.15, 0.2) is 6.29 Å². The van der Waals surface area contributed by atoms with Crippen molar-refractivity contribution in [1.29, 1.82) is 0 Å². The molecule has 1 heterocycles. The zero-order valence-corrected chi connectivity index (χ0v) is 56.5. The lowest BCUT2D eigenvalue weighted by Gasteiger charge is -2.40. The Morgan fingerprint density at radius 2 is 0.724 bits per heavy atom. The van der Waals surface area contributed by atoms with Gasteiger partial charge in [0.1, 0.15) is 36.6 Å². The Bertz CT molecular complexity index is 1600. The van der Waals surface area contributed by atoms with Crippen LogP contribution in [0.2, 0.25) is 0 Å². The maximum absolute atomic E-state index is 13.3. The Labute approximate surface area is 535 Å². The second kappa shape index (κ2) is 63.9. The van der Waals surface area contributed by atoms with Crippen LogP contribution in [-0.4, -0.2) is 110 Å². The van der Waals surface area contributed by atoms with Crippen LogP contribution in [0.15, 0.2) is 60.8 Å². The van der Waals surface area contributed by atoms with Gasteiger partial charge < -0.3 is 50.5 Å². The third-order valence-electron chi connectivity index (χ3n) is 17.7. The first-order valence-corrected chi connectivity index (χ1v) is 37.2. The molecule has 0 spiro atoms. The molecule has 8 N–H and O–H groups in total. The lowest BCUT2D eigenvalue weighted by atomic mass is 9.98. The Balaban J connectivity index is 2.20. The third kappa shape index (κ3) is 51.1. The van der Waals surface area contributed by atoms with Gasteiger partial charge >= 0.3 is 0 Å². The molecule has 1 fully saturated rings. The van der Waals surface area contributed by atoms with E-state index in [0.717, 1.165) is 51.4 Å². The quantitative estimate of drug-likeness (QED) is 0.0215. The Kier molecular flexibility index (Phi) is 60.9. The number of unbranched alkanes of at least 4 members (excludes halogenated alkanes) is 43. The molecule has 9 unspecified atom stereocenters. The number of rotatable bonds is 65. The Morgan fingerprint density at radius 1 is 0.402 bits per heavy atom. The number of aliphatic hydroxyl groups is 7. The molecule has 510 valence electrons. The van der Waals surface area contributed by atoms with Crippen molar-refractivity contribution < 1.29 is 50.0 Å². The molecule has 0 aromatic heterocycles. The fourth-order valence-corrected chi connectivity index (χ4v) is 11.8. The molecule has 0 aromatic carbocycles. The first-order valence-electron chi connectivity index (χ1n) is 37.2. The second-order valence-electron chi connectivity index (χ2n) is 26.0. The number of hydrogen-bond acceptors (Lipinski definition) is 10. The van der Waals surface area contributed by atoms with Crippen molar-refractivity contribution in [1.82, 2.24) is 5.32 Å². The summed E-state index contributed by atoms with van der Waals surface area (Å²) in [5, 5.41) is 76.5. The molecule has 87 heavy (non-hydrogen) atoms. The lowest BCUT2D eigenvalue weighted by Crippen LogP contribution is -2.60. The number of nitrogens with one attached hydrogen (secondary N) is 1. The minimum Gasteiger partial charge on any atom is -0.394 e. The van der Waals surface area contributed by atoms with Gasteiger partial charge in [-0.2, -0.15) is 0 Å². The summed E-state index contributed by atoms with van der Waals surface area (Å²) in [6.45, 7) is 3.48. The highest BCUT2D eigenvalue weighted by molar-refractivity contribution is 5.80. The third-order valence-corrected chi connectivity index (χ3v) is 17.7. The minimum absolute atomic E-state index is 0.240. The number of carbonyl (C=O) groups is 1. The van der Waals surface area contributed by atoms with Crippen LogP contribution in [0.1, 0.15) is 348 Å². The average molecular weight is 1230 g/mol. The van der Waals surface area contributed by atoms with Crippen LogP contribution in [0.4, 0.5) is 0 Å². The summed E-state index contributed by atoms with van der Waals surface area (Å²) in [5.41, 5.74) is 0. The van der Waals surface area contributed by atoms with Crippen molar-refractivity contribution in [2.75, 3.05) is 13.2 Å². The Morgan fingerprint density at radius 3 is 1.09 bits per heavy atom. The molecule has 9 atom stereocenters. The molecular formula is C76H141NO10. The lowest BCUT2D eigenvalue weighted by molar-refractivity contribution is -0.303. The van der Waals surface area contributed by atoms with Gasteiger partial charge in [-0.05, 0) is 96.3 Å². The fourth-order valence-electron chi connectivity index (χ4n) is 11.8. The largest absolute Gasteiger partial charge is 0.394 e. The van der Waals surface area contributed by atoms with Gasteiger partial charge in [0.25, 0.3) is 0 Å². The molecule has 1 aliphatic heterocycles. The first-order chi connectivity index (χ1) is 42.7. The van der Waals surface area contributed by atoms with Crippen molar-refractivity contribution in [3.63, 3.8) is 0 Å². The zero-order valence-electron chi connectivity index (χ0n) is 56.5. The molecule has 11 heteroatoms. The SMILES string of the molecule is CCCCCCCCCCCCC/C=C\C/C=C\CCCCCCCCCCCCCCCCCCC(O)C(=O)NC(COC1OC(CO)C(O)C(O)C1O)C(O)C(O)CCC/C=C/CC/C=C/CC/C=C/CCCCCCCCCCCCCCC. The molecule has 1 rings (SSSR count). The highest BCUT2D eigenvalue weighted by Crippen LogP contribution is 2.24. The van der Waals surface area contributed by atoms with E-state index in [0.29, 0.717) is 19.3 Å². The number of aliphatic hydroxyl groups excluding tert-OH is 7. The van der Waals surface area contributed by atoms with Crippen molar-refractivity contribution in [3.8, 4) is 0 Å². The zero-order chi connectivity index (χ0) is 63.1. The number of hydrogen-bond donors (Lipinski definition) is 8. The van der Waals surface area contributed by atoms with E-state index in [1.165, 1.54) is 250 Å².